The van der Waals surface area contributed by atoms with Crippen molar-refractivity contribution in [3.05, 3.63) is 145 Å². The van der Waals surface area contributed by atoms with Crippen LogP contribution >= 0.6 is 0 Å². The molecule has 0 amide bonds. The lowest BCUT2D eigenvalue weighted by Crippen LogP contribution is -1.88. The number of hydrogen-bond acceptors (Lipinski definition) is 0. The van der Waals surface area contributed by atoms with Gasteiger partial charge in [0, 0.05) is 0 Å². The predicted molar refractivity (Wildman–Crippen MR) is 174 cm³/mol. The molecule has 194 valence electrons. The summed E-state index contributed by atoms with van der Waals surface area (Å²) in [4.78, 5) is 0. The van der Waals surface area contributed by atoms with E-state index in [1.54, 1.807) is 0 Å². The second kappa shape index (κ2) is 12.4. The molecule has 0 spiro atoms. The van der Waals surface area contributed by atoms with Crippen molar-refractivity contribution in [1.82, 2.24) is 0 Å². The monoisotopic (exact) mass is 506 g/mol. The SMILES string of the molecule is C.C/C=C\C.Cc1cc(C)cc(-c2cc(-c3ccc4ccccc4c3)cc(-c3ccc4ccccc4c3)c2)c1. The molecule has 0 fully saturated rings. The first kappa shape index (κ1) is 27.6. The molecule has 6 aromatic carbocycles. The molecule has 0 aliphatic carbocycles. The van der Waals surface area contributed by atoms with E-state index < -0.39 is 0 Å². The predicted octanol–water partition coefficient (Wildman–Crippen LogP) is 11.8. The topological polar surface area (TPSA) is 0 Å². The van der Waals surface area contributed by atoms with Crippen LogP contribution in [0.15, 0.2) is 133 Å². The molecule has 0 saturated carbocycles. The summed E-state index contributed by atoms with van der Waals surface area (Å²) in [6.07, 6.45) is 4.00. The quantitative estimate of drug-likeness (QED) is 0.209. The first-order valence-corrected chi connectivity index (χ1v) is 13.3. The summed E-state index contributed by atoms with van der Waals surface area (Å²) in [5.74, 6) is 0. The van der Waals surface area contributed by atoms with Crippen molar-refractivity contribution in [2.45, 2.75) is 35.1 Å². The Kier molecular flexibility index (Phi) is 8.79. The van der Waals surface area contributed by atoms with Crippen LogP contribution in [0.2, 0.25) is 0 Å². The molecular weight excluding hydrogens is 468 g/mol. The molecule has 0 radical (unpaired) electrons. The van der Waals surface area contributed by atoms with Gasteiger partial charge in [-0.3, -0.25) is 0 Å². The number of allylic oxidation sites excluding steroid dienone is 2. The molecule has 0 nitrogen and oxygen atoms in total. The summed E-state index contributed by atoms with van der Waals surface area (Å²) in [7, 11) is 0. The highest BCUT2D eigenvalue weighted by Gasteiger charge is 2.10. The highest BCUT2D eigenvalue weighted by atomic mass is 14.1. The van der Waals surface area contributed by atoms with E-state index in [1.165, 1.54) is 66.1 Å². The summed E-state index contributed by atoms with van der Waals surface area (Å²) >= 11 is 0. The number of rotatable bonds is 3. The molecular formula is C39H38. The fourth-order valence-electron chi connectivity index (χ4n) is 5.01. The highest BCUT2D eigenvalue weighted by molar-refractivity contribution is 5.91. The van der Waals surface area contributed by atoms with E-state index in [4.69, 9.17) is 0 Å². The normalized spacial score (nSPS) is 10.8. The number of benzene rings is 6. The summed E-state index contributed by atoms with van der Waals surface area (Å²) in [6, 6.07) is 44.5. The first-order chi connectivity index (χ1) is 18.5. The fourth-order valence-corrected chi connectivity index (χ4v) is 5.01. The average molecular weight is 507 g/mol. The highest BCUT2D eigenvalue weighted by Crippen LogP contribution is 2.35. The smallest absolute Gasteiger partial charge is 0.0171 e. The molecule has 0 N–H and O–H groups in total. The minimum Gasteiger partial charge on any atom is -0.0919 e. The summed E-state index contributed by atoms with van der Waals surface area (Å²) in [6.45, 7) is 8.35. The molecule has 0 unspecified atom stereocenters. The van der Waals surface area contributed by atoms with Crippen molar-refractivity contribution < 1.29 is 0 Å². The fraction of sp³-hybridized carbons (Fsp3) is 0.128. The molecule has 0 heteroatoms. The van der Waals surface area contributed by atoms with Crippen LogP contribution in [-0.2, 0) is 0 Å². The molecule has 0 bridgehead atoms. The lowest BCUT2D eigenvalue weighted by atomic mass is 9.91. The van der Waals surface area contributed by atoms with Crippen LogP contribution in [0.3, 0.4) is 0 Å². The number of aryl methyl sites for hydroxylation is 2. The van der Waals surface area contributed by atoms with Crippen LogP contribution < -0.4 is 0 Å². The van der Waals surface area contributed by atoms with Gasteiger partial charge in [-0.15, -0.1) is 0 Å². The van der Waals surface area contributed by atoms with Gasteiger partial charge in [-0.25, -0.2) is 0 Å². The molecule has 0 aliphatic rings. The molecule has 6 rings (SSSR count). The minimum absolute atomic E-state index is 0. The van der Waals surface area contributed by atoms with Crippen LogP contribution in [0.4, 0.5) is 0 Å². The second-order valence-corrected chi connectivity index (χ2v) is 9.97. The Morgan fingerprint density at radius 3 is 1.13 bits per heavy atom. The molecule has 0 aromatic heterocycles. The average Bonchev–Trinajstić information content (AvgIpc) is 2.96. The van der Waals surface area contributed by atoms with Crippen LogP contribution in [0.25, 0.3) is 54.9 Å². The summed E-state index contributed by atoms with van der Waals surface area (Å²) in [5.41, 5.74) is 10.1. The third kappa shape index (κ3) is 6.36. The third-order valence-corrected chi connectivity index (χ3v) is 6.99. The van der Waals surface area contributed by atoms with E-state index in [9.17, 15) is 0 Å². The van der Waals surface area contributed by atoms with Gasteiger partial charge in [0.1, 0.15) is 0 Å². The first-order valence-electron chi connectivity index (χ1n) is 13.3. The van der Waals surface area contributed by atoms with Gasteiger partial charge in [-0.05, 0) is 113 Å². The Labute approximate surface area is 234 Å². The van der Waals surface area contributed by atoms with Gasteiger partial charge in [-0.2, -0.15) is 0 Å². The largest absolute Gasteiger partial charge is 0.0919 e. The molecule has 0 heterocycles. The molecule has 0 aliphatic heterocycles. The van der Waals surface area contributed by atoms with Crippen LogP contribution in [0, 0.1) is 13.8 Å². The zero-order valence-electron chi connectivity index (χ0n) is 22.7. The lowest BCUT2D eigenvalue weighted by Gasteiger charge is -2.13. The second-order valence-electron chi connectivity index (χ2n) is 9.97. The molecule has 0 saturated heterocycles. The van der Waals surface area contributed by atoms with Gasteiger partial charge in [0.05, 0.1) is 0 Å². The molecule has 39 heavy (non-hydrogen) atoms. The minimum atomic E-state index is 0. The van der Waals surface area contributed by atoms with Gasteiger partial charge in [-0.1, -0.05) is 122 Å². The van der Waals surface area contributed by atoms with Gasteiger partial charge < -0.3 is 0 Å². The molecule has 0 atom stereocenters. The van der Waals surface area contributed by atoms with Crippen molar-refractivity contribution in [1.29, 1.82) is 0 Å². The van der Waals surface area contributed by atoms with E-state index in [2.05, 4.69) is 135 Å². The Morgan fingerprint density at radius 2 is 0.718 bits per heavy atom. The van der Waals surface area contributed by atoms with E-state index in [0.717, 1.165) is 0 Å². The van der Waals surface area contributed by atoms with E-state index in [1.807, 2.05) is 26.0 Å². The maximum absolute atomic E-state index is 2.34. The zero-order valence-corrected chi connectivity index (χ0v) is 22.7. The summed E-state index contributed by atoms with van der Waals surface area (Å²) in [5, 5.41) is 5.08. The van der Waals surface area contributed by atoms with E-state index in [0.29, 0.717) is 0 Å². The van der Waals surface area contributed by atoms with Crippen molar-refractivity contribution in [2.24, 2.45) is 0 Å². The Balaban J connectivity index is 0.000000662. The van der Waals surface area contributed by atoms with Gasteiger partial charge in [0.25, 0.3) is 0 Å². The Bertz CT molecular complexity index is 1630. The maximum Gasteiger partial charge on any atom is -0.0171 e. The van der Waals surface area contributed by atoms with Gasteiger partial charge in [0.2, 0.25) is 0 Å². The van der Waals surface area contributed by atoms with Crippen LogP contribution in [-0.4, -0.2) is 0 Å². The van der Waals surface area contributed by atoms with Gasteiger partial charge >= 0.3 is 0 Å². The number of hydrogen-bond donors (Lipinski definition) is 0. The van der Waals surface area contributed by atoms with Crippen molar-refractivity contribution in [2.75, 3.05) is 0 Å². The van der Waals surface area contributed by atoms with E-state index in [-0.39, 0.29) is 7.43 Å². The number of fused-ring (bicyclic) bond motifs is 2. The summed E-state index contributed by atoms with van der Waals surface area (Å²) < 4.78 is 0. The van der Waals surface area contributed by atoms with Crippen molar-refractivity contribution in [3.63, 3.8) is 0 Å². The van der Waals surface area contributed by atoms with Crippen molar-refractivity contribution in [3.8, 4) is 33.4 Å². The molecule has 6 aromatic rings. The van der Waals surface area contributed by atoms with Crippen molar-refractivity contribution >= 4 is 21.5 Å². The Morgan fingerprint density at radius 1 is 0.359 bits per heavy atom. The third-order valence-electron chi connectivity index (χ3n) is 6.99. The standard InChI is InChI=1S/C34H26.C4H8.CH4/c1-23-15-24(2)17-31(16-23)34-21-32(29-13-11-25-7-3-5-9-27(25)18-29)20-33(22-34)30-14-12-26-8-4-6-10-28(26)19-30;1-3-4-2;/h3-22H,1-2H3;3-4H,1-2H3;1H4/b;4-3-;. The van der Waals surface area contributed by atoms with Crippen LogP contribution in [0.1, 0.15) is 32.4 Å². The van der Waals surface area contributed by atoms with Crippen LogP contribution in [0.5, 0.6) is 0 Å². The maximum atomic E-state index is 2.34. The van der Waals surface area contributed by atoms with E-state index >= 15 is 0 Å². The Hall–Kier alpha value is -4.42. The van der Waals surface area contributed by atoms with Gasteiger partial charge in [0.15, 0.2) is 0 Å². The zero-order chi connectivity index (χ0) is 26.5. The lowest BCUT2D eigenvalue weighted by molar-refractivity contribution is 1.38.